The zero-order chi connectivity index (χ0) is 12.3. The second kappa shape index (κ2) is 4.99. The number of halogens is 6. The molecule has 0 aliphatic heterocycles. The predicted octanol–water partition coefficient (Wildman–Crippen LogP) is 4.20. The lowest BCUT2D eigenvalue weighted by atomic mass is 10.1. The van der Waals surface area contributed by atoms with E-state index in [9.17, 15) is 22.0 Å². The Hall–Kier alpha value is -0.850. The summed E-state index contributed by atoms with van der Waals surface area (Å²) in [5.41, 5.74) is -0.876. The van der Waals surface area contributed by atoms with Crippen LogP contribution in [0.2, 0.25) is 0 Å². The monoisotopic (exact) mass is 304 g/mol. The molecule has 0 aliphatic carbocycles. The zero-order valence-electron chi connectivity index (χ0n) is 7.69. The molecule has 0 heterocycles. The lowest BCUT2D eigenvalue weighted by Crippen LogP contribution is -2.11. The highest BCUT2D eigenvalue weighted by Crippen LogP contribution is 2.37. The van der Waals surface area contributed by atoms with Gasteiger partial charge < -0.3 is 4.74 Å². The highest BCUT2D eigenvalue weighted by atomic mass is 79.9. The second-order valence-electron chi connectivity index (χ2n) is 2.84. The topological polar surface area (TPSA) is 9.23 Å². The van der Waals surface area contributed by atoms with Crippen molar-refractivity contribution >= 4 is 15.9 Å². The minimum absolute atomic E-state index is 0.199. The van der Waals surface area contributed by atoms with Crippen LogP contribution in [-0.4, -0.2) is 6.61 Å². The third-order valence-corrected chi connectivity index (χ3v) is 2.37. The molecule has 7 heteroatoms. The van der Waals surface area contributed by atoms with Gasteiger partial charge in [-0.05, 0) is 17.7 Å². The molecule has 0 radical (unpaired) electrons. The summed E-state index contributed by atoms with van der Waals surface area (Å²) in [6.07, 6.45) is -4.72. The Morgan fingerprint density at radius 1 is 1.25 bits per heavy atom. The lowest BCUT2D eigenvalue weighted by molar-refractivity contribution is -0.141. The fourth-order valence-electron chi connectivity index (χ4n) is 1.08. The van der Waals surface area contributed by atoms with E-state index in [2.05, 4.69) is 20.7 Å². The molecule has 0 unspecified atom stereocenters. The fourth-order valence-corrected chi connectivity index (χ4v) is 1.43. The van der Waals surface area contributed by atoms with E-state index in [1.54, 1.807) is 0 Å². The lowest BCUT2D eigenvalue weighted by Gasteiger charge is -2.14. The molecule has 1 rings (SSSR count). The molecule has 0 N–H and O–H groups in total. The van der Waals surface area contributed by atoms with Gasteiger partial charge in [0.15, 0.2) is 0 Å². The average Bonchev–Trinajstić information content (AvgIpc) is 2.15. The maximum absolute atomic E-state index is 12.5. The SMILES string of the molecule is FC(F)Oc1ccc(CBr)cc1C(F)(F)F. The minimum Gasteiger partial charge on any atom is -0.434 e. The van der Waals surface area contributed by atoms with Crippen LogP contribution in [0.1, 0.15) is 11.1 Å². The molecule has 90 valence electrons. The van der Waals surface area contributed by atoms with E-state index in [0.717, 1.165) is 12.1 Å². The van der Waals surface area contributed by atoms with E-state index in [4.69, 9.17) is 0 Å². The van der Waals surface area contributed by atoms with Gasteiger partial charge in [-0.15, -0.1) is 0 Å². The molecule has 0 aliphatic rings. The van der Waals surface area contributed by atoms with Gasteiger partial charge in [0, 0.05) is 5.33 Å². The van der Waals surface area contributed by atoms with Gasteiger partial charge in [0.2, 0.25) is 0 Å². The first kappa shape index (κ1) is 13.2. The Bertz CT molecular complexity index is 363. The normalized spacial score (nSPS) is 11.9. The van der Waals surface area contributed by atoms with Crippen molar-refractivity contribution in [2.24, 2.45) is 0 Å². The summed E-state index contributed by atoms with van der Waals surface area (Å²) < 4.78 is 65.0. The van der Waals surface area contributed by atoms with Crippen LogP contribution in [0.3, 0.4) is 0 Å². The number of ether oxygens (including phenoxy) is 1. The van der Waals surface area contributed by atoms with Crippen molar-refractivity contribution in [2.45, 2.75) is 18.1 Å². The van der Waals surface area contributed by atoms with Crippen LogP contribution < -0.4 is 4.74 Å². The molecule has 0 amide bonds. The van der Waals surface area contributed by atoms with Gasteiger partial charge in [-0.25, -0.2) is 0 Å². The number of hydrogen-bond donors (Lipinski definition) is 0. The summed E-state index contributed by atoms with van der Waals surface area (Å²) in [5, 5.41) is 0.199. The maximum atomic E-state index is 12.5. The molecule has 0 aromatic heterocycles. The molecule has 0 saturated carbocycles. The maximum Gasteiger partial charge on any atom is 0.419 e. The first-order chi connectivity index (χ1) is 7.34. The molecule has 1 aromatic rings. The zero-order valence-corrected chi connectivity index (χ0v) is 9.28. The van der Waals surface area contributed by atoms with E-state index in [1.807, 2.05) is 0 Å². The van der Waals surface area contributed by atoms with Crippen molar-refractivity contribution in [1.29, 1.82) is 0 Å². The van der Waals surface area contributed by atoms with Crippen molar-refractivity contribution in [2.75, 3.05) is 0 Å². The molecule has 0 atom stereocenters. The molecular formula is C9H6BrF5O. The highest BCUT2D eigenvalue weighted by molar-refractivity contribution is 9.08. The third kappa shape index (κ3) is 3.33. The Morgan fingerprint density at radius 2 is 1.88 bits per heavy atom. The van der Waals surface area contributed by atoms with Crippen LogP contribution >= 0.6 is 15.9 Å². The standard InChI is InChI=1S/C9H6BrF5O/c10-4-5-1-2-7(16-8(11)12)6(3-5)9(13,14)15/h1-3,8H,4H2. The molecule has 0 saturated heterocycles. The number of alkyl halides is 6. The second-order valence-corrected chi connectivity index (χ2v) is 3.40. The Balaban J connectivity index is 3.17. The summed E-state index contributed by atoms with van der Waals surface area (Å²) in [5.74, 6) is -0.868. The molecule has 1 aromatic carbocycles. The van der Waals surface area contributed by atoms with Gasteiger partial charge in [-0.3, -0.25) is 0 Å². The predicted molar refractivity (Wildman–Crippen MR) is 50.7 cm³/mol. The summed E-state index contributed by atoms with van der Waals surface area (Å²) in [7, 11) is 0. The van der Waals surface area contributed by atoms with Crippen molar-refractivity contribution in [1.82, 2.24) is 0 Å². The molecular weight excluding hydrogens is 299 g/mol. The van der Waals surface area contributed by atoms with Crippen LogP contribution in [0.4, 0.5) is 22.0 Å². The Morgan fingerprint density at radius 3 is 2.31 bits per heavy atom. The van der Waals surface area contributed by atoms with Gasteiger partial charge >= 0.3 is 12.8 Å². The van der Waals surface area contributed by atoms with Gasteiger partial charge in [0.25, 0.3) is 0 Å². The van der Waals surface area contributed by atoms with Gasteiger partial charge in [0.1, 0.15) is 5.75 Å². The van der Waals surface area contributed by atoms with Gasteiger partial charge in [-0.2, -0.15) is 22.0 Å². The largest absolute Gasteiger partial charge is 0.434 e. The van der Waals surface area contributed by atoms with Crippen LogP contribution in [0.15, 0.2) is 18.2 Å². The first-order valence-electron chi connectivity index (χ1n) is 4.05. The molecule has 0 spiro atoms. The minimum atomic E-state index is -4.72. The smallest absolute Gasteiger partial charge is 0.419 e. The number of benzene rings is 1. The summed E-state index contributed by atoms with van der Waals surface area (Å²) in [6.45, 7) is -3.28. The van der Waals surface area contributed by atoms with Gasteiger partial charge in [0.05, 0.1) is 5.56 Å². The summed E-state index contributed by atoms with van der Waals surface area (Å²) >= 11 is 2.98. The van der Waals surface area contributed by atoms with Crippen LogP contribution in [-0.2, 0) is 11.5 Å². The number of rotatable bonds is 3. The van der Waals surface area contributed by atoms with Gasteiger partial charge in [-0.1, -0.05) is 22.0 Å². The highest BCUT2D eigenvalue weighted by Gasteiger charge is 2.35. The Kier molecular flexibility index (Phi) is 4.12. The summed E-state index contributed by atoms with van der Waals surface area (Å²) in [6, 6.07) is 2.93. The number of hydrogen-bond acceptors (Lipinski definition) is 1. The summed E-state index contributed by atoms with van der Waals surface area (Å²) in [4.78, 5) is 0. The van der Waals surface area contributed by atoms with E-state index in [1.165, 1.54) is 6.07 Å². The molecule has 0 bridgehead atoms. The van der Waals surface area contributed by atoms with Crippen LogP contribution in [0.5, 0.6) is 5.75 Å². The van der Waals surface area contributed by atoms with Crippen LogP contribution in [0.25, 0.3) is 0 Å². The van der Waals surface area contributed by atoms with Crippen LogP contribution in [0, 0.1) is 0 Å². The first-order valence-corrected chi connectivity index (χ1v) is 5.17. The van der Waals surface area contributed by atoms with E-state index in [-0.39, 0.29) is 5.33 Å². The van der Waals surface area contributed by atoms with Crippen molar-refractivity contribution in [3.8, 4) is 5.75 Å². The van der Waals surface area contributed by atoms with E-state index < -0.39 is 24.1 Å². The average molecular weight is 305 g/mol. The fraction of sp³-hybridized carbons (Fsp3) is 0.333. The van der Waals surface area contributed by atoms with Crippen molar-refractivity contribution in [3.63, 3.8) is 0 Å². The van der Waals surface area contributed by atoms with E-state index >= 15 is 0 Å². The van der Waals surface area contributed by atoms with E-state index in [0.29, 0.717) is 5.56 Å². The molecule has 16 heavy (non-hydrogen) atoms. The Labute approximate surface area is 96.3 Å². The third-order valence-electron chi connectivity index (χ3n) is 1.72. The molecule has 0 fully saturated rings. The van der Waals surface area contributed by atoms with Crippen molar-refractivity contribution in [3.05, 3.63) is 29.3 Å². The van der Waals surface area contributed by atoms with Crippen molar-refractivity contribution < 1.29 is 26.7 Å². The quantitative estimate of drug-likeness (QED) is 0.600. The molecule has 1 nitrogen and oxygen atoms in total.